The SMILES string of the molecule is CC1=C(C(=O)Nc2ccc(Br)cn2)[C@H](c2ccccc2Cl)C2=C(CCCC2=O)N1. The predicted octanol–water partition coefficient (Wildman–Crippen LogP) is 5.10. The minimum absolute atomic E-state index is 0.0586. The quantitative estimate of drug-likeness (QED) is 0.652. The van der Waals surface area contributed by atoms with Gasteiger partial charge in [0.1, 0.15) is 5.82 Å². The Hall–Kier alpha value is -2.44. The number of Topliss-reactive ketones (excluding diaryl/α,β-unsaturated/α-hetero) is 1. The topological polar surface area (TPSA) is 71.1 Å². The van der Waals surface area contributed by atoms with Gasteiger partial charge in [0.25, 0.3) is 5.91 Å². The molecule has 2 aromatic rings. The lowest BCUT2D eigenvalue weighted by molar-refractivity contribution is -0.116. The van der Waals surface area contributed by atoms with Gasteiger partial charge in [0, 0.05) is 50.6 Å². The van der Waals surface area contributed by atoms with Crippen LogP contribution in [0.15, 0.2) is 69.6 Å². The second-order valence-corrected chi connectivity index (χ2v) is 8.43. The summed E-state index contributed by atoms with van der Waals surface area (Å²) in [4.78, 5) is 30.4. The molecule has 1 amide bonds. The molecule has 1 aromatic carbocycles. The van der Waals surface area contributed by atoms with Crippen LogP contribution in [0.2, 0.25) is 5.02 Å². The first-order valence-electron chi connectivity index (χ1n) is 9.37. The number of hydrogen-bond donors (Lipinski definition) is 2. The predicted molar refractivity (Wildman–Crippen MR) is 116 cm³/mol. The molecule has 0 unspecified atom stereocenters. The molecule has 1 atom stereocenters. The van der Waals surface area contributed by atoms with Crippen LogP contribution >= 0.6 is 27.5 Å². The first-order valence-corrected chi connectivity index (χ1v) is 10.5. The summed E-state index contributed by atoms with van der Waals surface area (Å²) in [6.45, 7) is 1.86. The van der Waals surface area contributed by atoms with E-state index >= 15 is 0 Å². The van der Waals surface area contributed by atoms with Crippen LogP contribution in [0.3, 0.4) is 0 Å². The molecule has 0 fully saturated rings. The maximum Gasteiger partial charge on any atom is 0.255 e. The molecular weight excluding hydrogens is 454 g/mol. The first-order chi connectivity index (χ1) is 14.0. The van der Waals surface area contributed by atoms with Crippen molar-refractivity contribution in [1.29, 1.82) is 0 Å². The molecule has 2 N–H and O–H groups in total. The zero-order chi connectivity index (χ0) is 20.5. The molecule has 0 radical (unpaired) electrons. The van der Waals surface area contributed by atoms with Gasteiger partial charge in [0.2, 0.25) is 0 Å². The van der Waals surface area contributed by atoms with Crippen LogP contribution in [0.5, 0.6) is 0 Å². The van der Waals surface area contributed by atoms with Gasteiger partial charge in [-0.05, 0) is 59.5 Å². The third-order valence-electron chi connectivity index (χ3n) is 5.21. The Bertz CT molecular complexity index is 1060. The Kier molecular flexibility index (Phi) is 5.56. The van der Waals surface area contributed by atoms with E-state index in [0.717, 1.165) is 34.3 Å². The molecule has 5 nitrogen and oxygen atoms in total. The van der Waals surface area contributed by atoms with Crippen molar-refractivity contribution in [2.24, 2.45) is 0 Å². The number of nitrogens with one attached hydrogen (secondary N) is 2. The van der Waals surface area contributed by atoms with E-state index in [1.807, 2.05) is 25.1 Å². The fourth-order valence-electron chi connectivity index (χ4n) is 3.94. The molecule has 1 aliphatic carbocycles. The molecule has 29 heavy (non-hydrogen) atoms. The van der Waals surface area contributed by atoms with E-state index in [4.69, 9.17) is 11.6 Å². The van der Waals surface area contributed by atoms with Gasteiger partial charge in [-0.1, -0.05) is 29.8 Å². The fraction of sp³-hybridized carbons (Fsp3) is 0.227. The monoisotopic (exact) mass is 471 g/mol. The second-order valence-electron chi connectivity index (χ2n) is 7.10. The summed E-state index contributed by atoms with van der Waals surface area (Å²) in [6, 6.07) is 10.9. The smallest absolute Gasteiger partial charge is 0.255 e. The number of amides is 1. The molecule has 0 saturated heterocycles. The molecule has 7 heteroatoms. The zero-order valence-electron chi connectivity index (χ0n) is 15.8. The molecular formula is C22H19BrClN3O2. The summed E-state index contributed by atoms with van der Waals surface area (Å²) in [6.07, 6.45) is 3.68. The summed E-state index contributed by atoms with van der Waals surface area (Å²) < 4.78 is 0.821. The number of nitrogens with zero attached hydrogens (tertiary/aromatic N) is 1. The summed E-state index contributed by atoms with van der Waals surface area (Å²) in [5, 5.41) is 6.69. The van der Waals surface area contributed by atoms with Crippen LogP contribution < -0.4 is 10.6 Å². The molecule has 4 rings (SSSR count). The van der Waals surface area contributed by atoms with Crippen LogP contribution in [0, 0.1) is 0 Å². The Balaban J connectivity index is 1.80. The normalized spacial score (nSPS) is 19.0. The van der Waals surface area contributed by atoms with Crippen molar-refractivity contribution in [3.8, 4) is 0 Å². The van der Waals surface area contributed by atoms with E-state index < -0.39 is 5.92 Å². The van der Waals surface area contributed by atoms with Crippen LogP contribution in [0.25, 0.3) is 0 Å². The fourth-order valence-corrected chi connectivity index (χ4v) is 4.42. The maximum absolute atomic E-state index is 13.3. The highest BCUT2D eigenvalue weighted by Gasteiger charge is 2.39. The number of pyridine rings is 1. The average Bonchev–Trinajstić information content (AvgIpc) is 2.69. The summed E-state index contributed by atoms with van der Waals surface area (Å²) in [5.74, 6) is -0.322. The van der Waals surface area contributed by atoms with E-state index in [2.05, 4.69) is 31.5 Å². The van der Waals surface area contributed by atoms with Crippen LogP contribution in [-0.4, -0.2) is 16.7 Å². The number of dihydropyridines is 1. The van der Waals surface area contributed by atoms with E-state index in [9.17, 15) is 9.59 Å². The minimum atomic E-state index is -0.511. The van der Waals surface area contributed by atoms with Gasteiger partial charge in [0.05, 0.1) is 0 Å². The first kappa shape index (κ1) is 19.9. The van der Waals surface area contributed by atoms with Crippen LogP contribution in [0.4, 0.5) is 5.82 Å². The number of carbonyl (C=O) groups is 2. The third kappa shape index (κ3) is 3.87. The number of aromatic nitrogens is 1. The number of rotatable bonds is 3. The largest absolute Gasteiger partial charge is 0.362 e. The molecule has 1 aromatic heterocycles. The van der Waals surface area contributed by atoms with Crippen LogP contribution in [0.1, 0.15) is 37.7 Å². The summed E-state index contributed by atoms with van der Waals surface area (Å²) >= 11 is 9.84. The van der Waals surface area contributed by atoms with Gasteiger partial charge in [-0.15, -0.1) is 0 Å². The lowest BCUT2D eigenvalue weighted by Crippen LogP contribution is -2.35. The molecule has 2 aliphatic rings. The van der Waals surface area contributed by atoms with Gasteiger partial charge < -0.3 is 10.6 Å². The Morgan fingerprint density at radius 2 is 2.03 bits per heavy atom. The Morgan fingerprint density at radius 1 is 1.24 bits per heavy atom. The molecule has 1 aliphatic heterocycles. The average molecular weight is 473 g/mol. The van der Waals surface area contributed by atoms with Gasteiger partial charge in [-0.3, -0.25) is 9.59 Å². The van der Waals surface area contributed by atoms with Gasteiger partial charge >= 0.3 is 0 Å². The third-order valence-corrected chi connectivity index (χ3v) is 6.02. The van der Waals surface area contributed by atoms with E-state index in [-0.39, 0.29) is 11.7 Å². The molecule has 0 saturated carbocycles. The van der Waals surface area contributed by atoms with Crippen molar-refractivity contribution >= 4 is 45.0 Å². The number of carbonyl (C=O) groups excluding carboxylic acids is 2. The minimum Gasteiger partial charge on any atom is -0.362 e. The zero-order valence-corrected chi connectivity index (χ0v) is 18.1. The number of anilines is 1. The molecule has 0 bridgehead atoms. The second kappa shape index (κ2) is 8.13. The number of hydrogen-bond acceptors (Lipinski definition) is 4. The number of allylic oxidation sites excluding steroid dienone is 3. The number of halogens is 2. The van der Waals surface area contributed by atoms with E-state index in [1.165, 1.54) is 0 Å². The lowest BCUT2D eigenvalue weighted by Gasteiger charge is -2.34. The highest BCUT2D eigenvalue weighted by Crippen LogP contribution is 2.44. The highest BCUT2D eigenvalue weighted by atomic mass is 79.9. The number of ketones is 1. The lowest BCUT2D eigenvalue weighted by atomic mass is 9.75. The highest BCUT2D eigenvalue weighted by molar-refractivity contribution is 9.10. The molecule has 0 spiro atoms. The van der Waals surface area contributed by atoms with Gasteiger partial charge in [-0.25, -0.2) is 4.98 Å². The van der Waals surface area contributed by atoms with Crippen molar-refractivity contribution in [3.63, 3.8) is 0 Å². The standard InChI is InChI=1S/C22H19BrClN3O2/c1-12-19(22(29)27-18-10-9-13(23)11-25-18)20(14-5-2-3-6-15(14)24)21-16(26-12)7-4-8-17(21)28/h2-3,5-6,9-11,20,26H,4,7-8H2,1H3,(H,25,27,29)/t20-/m0/s1. The van der Waals surface area contributed by atoms with Gasteiger partial charge in [0.15, 0.2) is 5.78 Å². The van der Waals surface area contributed by atoms with Crippen molar-refractivity contribution in [1.82, 2.24) is 10.3 Å². The van der Waals surface area contributed by atoms with Crippen LogP contribution in [-0.2, 0) is 9.59 Å². The molecule has 148 valence electrons. The Labute approximate surface area is 182 Å². The molecule has 2 heterocycles. The van der Waals surface area contributed by atoms with Crippen molar-refractivity contribution in [3.05, 3.63) is 80.2 Å². The van der Waals surface area contributed by atoms with Crippen molar-refractivity contribution < 1.29 is 9.59 Å². The van der Waals surface area contributed by atoms with Gasteiger partial charge in [-0.2, -0.15) is 0 Å². The summed E-state index contributed by atoms with van der Waals surface area (Å²) in [7, 11) is 0. The maximum atomic E-state index is 13.3. The van der Waals surface area contributed by atoms with Crippen molar-refractivity contribution in [2.45, 2.75) is 32.1 Å². The van der Waals surface area contributed by atoms with Crippen molar-refractivity contribution in [2.75, 3.05) is 5.32 Å². The number of benzene rings is 1. The Morgan fingerprint density at radius 3 is 2.76 bits per heavy atom. The van der Waals surface area contributed by atoms with E-state index in [0.29, 0.717) is 28.4 Å². The van der Waals surface area contributed by atoms with E-state index in [1.54, 1.807) is 24.4 Å². The summed E-state index contributed by atoms with van der Waals surface area (Å²) in [5.41, 5.74) is 3.49.